The molecule has 1 aromatic carbocycles. The van der Waals surface area contributed by atoms with Gasteiger partial charge in [0.1, 0.15) is 16.2 Å². The number of amides is 1. The van der Waals surface area contributed by atoms with Crippen LogP contribution in [0.2, 0.25) is 0 Å². The Balaban J connectivity index is 1.50. The van der Waals surface area contributed by atoms with E-state index in [1.807, 2.05) is 0 Å². The number of carbonyl (C=O) groups is 1. The average molecular weight is 395 g/mol. The lowest BCUT2D eigenvalue weighted by atomic mass is 10.2. The largest absolute Gasteiger partial charge is 0.323 e. The minimum atomic E-state index is -1.61. The molecule has 0 saturated heterocycles. The number of thiophene rings is 1. The molecule has 2 aromatic heterocycles. The van der Waals surface area contributed by atoms with Gasteiger partial charge in [-0.05, 0) is 37.0 Å². The Hall–Kier alpha value is -2.13. The van der Waals surface area contributed by atoms with Gasteiger partial charge in [0, 0.05) is 10.3 Å². The number of fused-ring (bicyclic) bond motifs is 3. The molecule has 1 aliphatic carbocycles. The van der Waals surface area contributed by atoms with Crippen molar-refractivity contribution in [2.75, 3.05) is 11.1 Å². The summed E-state index contributed by atoms with van der Waals surface area (Å²) < 4.78 is 39.8. The van der Waals surface area contributed by atoms with Gasteiger partial charge in [-0.3, -0.25) is 4.79 Å². The van der Waals surface area contributed by atoms with Crippen LogP contribution in [-0.2, 0) is 17.6 Å². The van der Waals surface area contributed by atoms with Gasteiger partial charge < -0.3 is 5.32 Å². The van der Waals surface area contributed by atoms with E-state index in [4.69, 9.17) is 0 Å². The maximum absolute atomic E-state index is 13.6. The smallest absolute Gasteiger partial charge is 0.234 e. The molecule has 4 rings (SSSR count). The minimum Gasteiger partial charge on any atom is -0.323 e. The molecule has 1 aliphatic rings. The van der Waals surface area contributed by atoms with E-state index >= 15 is 0 Å². The maximum atomic E-state index is 13.6. The Kier molecular flexibility index (Phi) is 4.58. The SMILES string of the molecule is O=C(CSc1ncnc2sc3c(c12)CCC3)Nc1ccc(F)c(F)c1F. The van der Waals surface area contributed by atoms with Gasteiger partial charge in [-0.15, -0.1) is 11.3 Å². The highest BCUT2D eigenvalue weighted by Crippen LogP contribution is 2.40. The molecule has 0 spiro atoms. The lowest BCUT2D eigenvalue weighted by molar-refractivity contribution is -0.113. The topological polar surface area (TPSA) is 54.9 Å². The molecule has 1 N–H and O–H groups in total. The Labute approximate surface area is 154 Å². The second-order valence-electron chi connectivity index (χ2n) is 5.78. The monoisotopic (exact) mass is 395 g/mol. The number of hydrogen-bond acceptors (Lipinski definition) is 5. The third kappa shape index (κ3) is 3.05. The number of anilines is 1. The number of carbonyl (C=O) groups excluding carboxylic acids is 1. The van der Waals surface area contributed by atoms with Gasteiger partial charge in [0.2, 0.25) is 5.91 Å². The van der Waals surface area contributed by atoms with E-state index in [-0.39, 0.29) is 5.75 Å². The van der Waals surface area contributed by atoms with Crippen LogP contribution in [0.5, 0.6) is 0 Å². The van der Waals surface area contributed by atoms with Crippen LogP contribution in [0.15, 0.2) is 23.5 Å². The fraction of sp³-hybridized carbons (Fsp3) is 0.235. The van der Waals surface area contributed by atoms with Crippen LogP contribution in [-0.4, -0.2) is 21.6 Å². The molecule has 0 radical (unpaired) electrons. The van der Waals surface area contributed by atoms with Crippen LogP contribution in [0.3, 0.4) is 0 Å². The third-order valence-electron chi connectivity index (χ3n) is 4.12. The third-order valence-corrected chi connectivity index (χ3v) is 6.31. The molecule has 0 fully saturated rings. The zero-order chi connectivity index (χ0) is 18.3. The Morgan fingerprint density at radius 2 is 2.04 bits per heavy atom. The number of hydrogen-bond donors (Lipinski definition) is 1. The molecule has 1 amide bonds. The molecule has 0 saturated carbocycles. The zero-order valence-electron chi connectivity index (χ0n) is 13.3. The minimum absolute atomic E-state index is 0.0326. The molecule has 2 heterocycles. The highest BCUT2D eigenvalue weighted by molar-refractivity contribution is 8.00. The molecule has 0 unspecified atom stereocenters. The Morgan fingerprint density at radius 3 is 2.88 bits per heavy atom. The summed E-state index contributed by atoms with van der Waals surface area (Å²) in [6.45, 7) is 0. The molecular formula is C17H12F3N3OS2. The fourth-order valence-electron chi connectivity index (χ4n) is 2.95. The van der Waals surface area contributed by atoms with Crippen LogP contribution in [0.4, 0.5) is 18.9 Å². The molecule has 26 heavy (non-hydrogen) atoms. The summed E-state index contributed by atoms with van der Waals surface area (Å²) in [5.41, 5.74) is 0.860. The van der Waals surface area contributed by atoms with E-state index in [1.165, 1.54) is 28.5 Å². The molecule has 9 heteroatoms. The molecule has 134 valence electrons. The summed E-state index contributed by atoms with van der Waals surface area (Å²) >= 11 is 2.86. The second-order valence-corrected chi connectivity index (χ2v) is 7.82. The van der Waals surface area contributed by atoms with E-state index in [0.29, 0.717) is 5.03 Å². The standard InChI is InChI=1S/C17H12F3N3OS2/c18-9-4-5-10(15(20)14(9)19)23-12(24)6-25-16-13-8-2-1-3-11(8)26-17(13)22-7-21-16/h4-5,7H,1-3,6H2,(H,23,24). The predicted octanol–water partition coefficient (Wildman–Crippen LogP) is 4.33. The van der Waals surface area contributed by atoms with Gasteiger partial charge in [0.25, 0.3) is 0 Å². The van der Waals surface area contributed by atoms with Crippen molar-refractivity contribution >= 4 is 44.9 Å². The molecular weight excluding hydrogens is 383 g/mol. The molecule has 4 nitrogen and oxygen atoms in total. The van der Waals surface area contributed by atoms with Crippen LogP contribution >= 0.6 is 23.1 Å². The molecule has 3 aromatic rings. The highest BCUT2D eigenvalue weighted by atomic mass is 32.2. The molecule has 0 bridgehead atoms. The summed E-state index contributed by atoms with van der Waals surface area (Å²) in [5.74, 6) is -4.89. The summed E-state index contributed by atoms with van der Waals surface area (Å²) in [6, 6.07) is 1.76. The number of halogens is 3. The average Bonchev–Trinajstić information content (AvgIpc) is 3.21. The van der Waals surface area contributed by atoms with Crippen molar-refractivity contribution in [3.8, 4) is 0 Å². The van der Waals surface area contributed by atoms with Crippen molar-refractivity contribution in [1.29, 1.82) is 0 Å². The lowest BCUT2D eigenvalue weighted by Gasteiger charge is -2.07. The normalized spacial score (nSPS) is 13.2. The summed E-state index contributed by atoms with van der Waals surface area (Å²) in [7, 11) is 0. The van der Waals surface area contributed by atoms with Gasteiger partial charge in [-0.2, -0.15) is 0 Å². The first kappa shape index (κ1) is 17.3. The molecule has 0 aliphatic heterocycles. The first-order valence-electron chi connectivity index (χ1n) is 7.86. The summed E-state index contributed by atoms with van der Waals surface area (Å²) in [6.07, 6.45) is 4.58. The number of aryl methyl sites for hydroxylation is 2. The van der Waals surface area contributed by atoms with Crippen LogP contribution in [0.1, 0.15) is 16.9 Å². The maximum Gasteiger partial charge on any atom is 0.234 e. The van der Waals surface area contributed by atoms with Crippen LogP contribution in [0, 0.1) is 17.5 Å². The Morgan fingerprint density at radius 1 is 1.19 bits per heavy atom. The van der Waals surface area contributed by atoms with E-state index in [2.05, 4.69) is 15.3 Å². The first-order chi connectivity index (χ1) is 12.5. The van der Waals surface area contributed by atoms with Gasteiger partial charge in [-0.1, -0.05) is 11.8 Å². The van der Waals surface area contributed by atoms with Gasteiger partial charge >= 0.3 is 0 Å². The van der Waals surface area contributed by atoms with E-state index in [1.54, 1.807) is 11.3 Å². The quantitative estimate of drug-likeness (QED) is 0.406. The van der Waals surface area contributed by atoms with Crippen molar-refractivity contribution in [3.63, 3.8) is 0 Å². The first-order valence-corrected chi connectivity index (χ1v) is 9.66. The van der Waals surface area contributed by atoms with Crippen molar-refractivity contribution < 1.29 is 18.0 Å². The van der Waals surface area contributed by atoms with Crippen molar-refractivity contribution in [3.05, 3.63) is 46.4 Å². The number of benzene rings is 1. The zero-order valence-corrected chi connectivity index (χ0v) is 14.9. The number of aromatic nitrogens is 2. The van der Waals surface area contributed by atoms with Crippen LogP contribution < -0.4 is 5.32 Å². The summed E-state index contributed by atoms with van der Waals surface area (Å²) in [5, 5.41) is 3.95. The number of nitrogens with zero attached hydrogens (tertiary/aromatic N) is 2. The summed E-state index contributed by atoms with van der Waals surface area (Å²) in [4.78, 5) is 22.9. The Bertz CT molecular complexity index is 1020. The van der Waals surface area contributed by atoms with E-state index in [9.17, 15) is 18.0 Å². The van der Waals surface area contributed by atoms with Gasteiger partial charge in [-0.25, -0.2) is 23.1 Å². The van der Waals surface area contributed by atoms with Crippen LogP contribution in [0.25, 0.3) is 10.2 Å². The van der Waals surface area contributed by atoms with Gasteiger partial charge in [0.05, 0.1) is 11.4 Å². The highest BCUT2D eigenvalue weighted by Gasteiger charge is 2.22. The fourth-order valence-corrected chi connectivity index (χ4v) is 5.07. The van der Waals surface area contributed by atoms with Crippen molar-refractivity contribution in [2.45, 2.75) is 24.3 Å². The molecule has 0 atom stereocenters. The number of rotatable bonds is 4. The van der Waals surface area contributed by atoms with Crippen molar-refractivity contribution in [2.24, 2.45) is 0 Å². The lowest BCUT2D eigenvalue weighted by Crippen LogP contribution is -2.16. The van der Waals surface area contributed by atoms with E-state index in [0.717, 1.165) is 41.6 Å². The van der Waals surface area contributed by atoms with E-state index < -0.39 is 29.0 Å². The number of nitrogens with one attached hydrogen (secondary N) is 1. The second kappa shape index (κ2) is 6.88. The van der Waals surface area contributed by atoms with Gasteiger partial charge in [0.15, 0.2) is 17.5 Å². The number of thioether (sulfide) groups is 1. The van der Waals surface area contributed by atoms with Crippen molar-refractivity contribution in [1.82, 2.24) is 9.97 Å². The predicted molar refractivity (Wildman–Crippen MR) is 95.1 cm³/mol.